The Hall–Kier alpha value is -1.06. The summed E-state index contributed by atoms with van der Waals surface area (Å²) in [4.78, 5) is -0.217. The molecule has 0 aliphatic rings. The van der Waals surface area contributed by atoms with Crippen LogP contribution >= 0.6 is 0 Å². The Kier molecular flexibility index (Phi) is 3.84. The van der Waals surface area contributed by atoms with Gasteiger partial charge in [0.25, 0.3) is 5.92 Å². The fraction of sp³-hybridized carbons (Fsp3) is 0.625. The van der Waals surface area contributed by atoms with E-state index in [1.807, 2.05) is 0 Å². The lowest BCUT2D eigenvalue weighted by Gasteiger charge is -2.14. The van der Waals surface area contributed by atoms with Gasteiger partial charge in [0.1, 0.15) is 10.6 Å². The van der Waals surface area contributed by atoms with Crippen LogP contribution in [-0.4, -0.2) is 32.6 Å². The summed E-state index contributed by atoms with van der Waals surface area (Å²) in [6.07, 6.45) is 0. The SMILES string of the molecule is Cc1noc(C)c1S(=O)(=O)NCC(F)(F)CN. The topological polar surface area (TPSA) is 98.2 Å². The molecule has 9 heteroatoms. The van der Waals surface area contributed by atoms with E-state index in [-0.39, 0.29) is 16.3 Å². The van der Waals surface area contributed by atoms with Crippen LogP contribution in [0.5, 0.6) is 0 Å². The van der Waals surface area contributed by atoms with E-state index in [1.165, 1.54) is 13.8 Å². The second-order valence-corrected chi connectivity index (χ2v) is 5.24. The molecule has 0 spiro atoms. The van der Waals surface area contributed by atoms with Crippen LogP contribution in [0, 0.1) is 13.8 Å². The van der Waals surface area contributed by atoms with E-state index in [9.17, 15) is 17.2 Å². The quantitative estimate of drug-likeness (QED) is 0.793. The third kappa shape index (κ3) is 3.20. The van der Waals surface area contributed by atoms with Crippen molar-refractivity contribution in [3.05, 3.63) is 11.5 Å². The third-order valence-corrected chi connectivity index (χ3v) is 3.70. The highest BCUT2D eigenvalue weighted by atomic mass is 32.2. The minimum absolute atomic E-state index is 0.0473. The van der Waals surface area contributed by atoms with Crippen molar-refractivity contribution in [2.24, 2.45) is 5.73 Å². The number of alkyl halides is 2. The number of hydrogen-bond acceptors (Lipinski definition) is 5. The summed E-state index contributed by atoms with van der Waals surface area (Å²) in [5, 5.41) is 3.44. The zero-order valence-corrected chi connectivity index (χ0v) is 10.1. The van der Waals surface area contributed by atoms with E-state index < -0.39 is 29.0 Å². The first-order chi connectivity index (χ1) is 7.69. The molecular weight excluding hydrogens is 256 g/mol. The Labute approximate surface area is 97.2 Å². The number of aromatic nitrogens is 1. The highest BCUT2D eigenvalue weighted by Gasteiger charge is 2.31. The number of nitrogens with one attached hydrogen (secondary N) is 1. The molecule has 0 radical (unpaired) electrons. The van der Waals surface area contributed by atoms with Gasteiger partial charge in [-0.25, -0.2) is 21.9 Å². The fourth-order valence-corrected chi connectivity index (χ4v) is 2.59. The minimum Gasteiger partial charge on any atom is -0.360 e. The van der Waals surface area contributed by atoms with E-state index in [0.29, 0.717) is 0 Å². The summed E-state index contributed by atoms with van der Waals surface area (Å²) in [5.74, 6) is -3.24. The molecule has 1 heterocycles. The molecule has 17 heavy (non-hydrogen) atoms. The number of nitrogens with zero attached hydrogens (tertiary/aromatic N) is 1. The van der Waals surface area contributed by atoms with Crippen molar-refractivity contribution in [1.29, 1.82) is 0 Å². The summed E-state index contributed by atoms with van der Waals surface area (Å²) in [5.41, 5.74) is 4.92. The minimum atomic E-state index is -4.06. The van der Waals surface area contributed by atoms with Gasteiger partial charge in [0.05, 0.1) is 13.1 Å². The van der Waals surface area contributed by atoms with Gasteiger partial charge < -0.3 is 10.3 Å². The van der Waals surface area contributed by atoms with E-state index in [1.54, 1.807) is 4.72 Å². The van der Waals surface area contributed by atoms with Gasteiger partial charge in [-0.2, -0.15) is 0 Å². The zero-order chi connectivity index (χ0) is 13.3. The van der Waals surface area contributed by atoms with Crippen molar-refractivity contribution in [3.8, 4) is 0 Å². The largest absolute Gasteiger partial charge is 0.360 e. The summed E-state index contributed by atoms with van der Waals surface area (Å²) in [6, 6.07) is 0. The Balaban J connectivity index is 2.91. The lowest BCUT2D eigenvalue weighted by atomic mass is 10.3. The molecule has 1 aromatic rings. The van der Waals surface area contributed by atoms with Crippen LogP contribution in [-0.2, 0) is 10.0 Å². The predicted octanol–water partition coefficient (Wildman–Crippen LogP) is 0.164. The van der Waals surface area contributed by atoms with Crippen LogP contribution in [0.25, 0.3) is 0 Å². The molecule has 0 atom stereocenters. The lowest BCUT2D eigenvalue weighted by molar-refractivity contribution is 0.0170. The molecule has 98 valence electrons. The first-order valence-electron chi connectivity index (χ1n) is 4.70. The maximum atomic E-state index is 12.8. The molecule has 0 saturated carbocycles. The second kappa shape index (κ2) is 4.67. The molecule has 1 aromatic heterocycles. The number of halogens is 2. The zero-order valence-electron chi connectivity index (χ0n) is 9.33. The first-order valence-corrected chi connectivity index (χ1v) is 6.18. The molecule has 3 N–H and O–H groups in total. The van der Waals surface area contributed by atoms with Crippen molar-refractivity contribution < 1.29 is 21.7 Å². The lowest BCUT2D eigenvalue weighted by Crippen LogP contribution is -2.41. The number of rotatable bonds is 5. The smallest absolute Gasteiger partial charge is 0.273 e. The van der Waals surface area contributed by atoms with Crippen LogP contribution in [0.2, 0.25) is 0 Å². The highest BCUT2D eigenvalue weighted by Crippen LogP contribution is 2.19. The molecule has 1 rings (SSSR count). The second-order valence-electron chi connectivity index (χ2n) is 3.54. The normalized spacial score (nSPS) is 13.0. The van der Waals surface area contributed by atoms with E-state index in [0.717, 1.165) is 0 Å². The molecule has 0 amide bonds. The summed E-state index contributed by atoms with van der Waals surface area (Å²) in [7, 11) is -4.06. The summed E-state index contributed by atoms with van der Waals surface area (Å²) in [6.45, 7) is 0.800. The maximum Gasteiger partial charge on any atom is 0.273 e. The molecule has 0 aromatic carbocycles. The van der Waals surface area contributed by atoms with Gasteiger partial charge in [-0.05, 0) is 13.8 Å². The Bertz CT molecular complexity index is 479. The molecule has 0 unspecified atom stereocenters. The highest BCUT2D eigenvalue weighted by molar-refractivity contribution is 7.89. The van der Waals surface area contributed by atoms with Crippen LogP contribution in [0.1, 0.15) is 11.5 Å². The van der Waals surface area contributed by atoms with Gasteiger partial charge in [0.15, 0.2) is 5.76 Å². The van der Waals surface area contributed by atoms with Crippen LogP contribution in [0.3, 0.4) is 0 Å². The van der Waals surface area contributed by atoms with Crippen molar-refractivity contribution in [2.75, 3.05) is 13.1 Å². The first kappa shape index (κ1) is 14.0. The van der Waals surface area contributed by atoms with Gasteiger partial charge in [0, 0.05) is 0 Å². The number of sulfonamides is 1. The summed E-state index contributed by atoms with van der Waals surface area (Å²) >= 11 is 0. The van der Waals surface area contributed by atoms with E-state index in [2.05, 4.69) is 9.68 Å². The van der Waals surface area contributed by atoms with Crippen molar-refractivity contribution in [2.45, 2.75) is 24.7 Å². The standard InChI is InChI=1S/C8H13F2N3O3S/c1-5-7(6(2)16-13-5)17(14,15)12-4-8(9,10)3-11/h12H,3-4,11H2,1-2H3. The average molecular weight is 269 g/mol. The van der Waals surface area contributed by atoms with Crippen LogP contribution in [0.4, 0.5) is 8.78 Å². The van der Waals surface area contributed by atoms with Gasteiger partial charge in [-0.15, -0.1) is 0 Å². The summed E-state index contributed by atoms with van der Waals surface area (Å²) < 4.78 is 55.5. The van der Waals surface area contributed by atoms with E-state index >= 15 is 0 Å². The monoisotopic (exact) mass is 269 g/mol. The number of nitrogens with two attached hydrogens (primary N) is 1. The molecule has 6 nitrogen and oxygen atoms in total. The fourth-order valence-electron chi connectivity index (χ4n) is 1.20. The third-order valence-electron chi connectivity index (χ3n) is 2.06. The van der Waals surface area contributed by atoms with Crippen LogP contribution < -0.4 is 10.5 Å². The van der Waals surface area contributed by atoms with Gasteiger partial charge >= 0.3 is 0 Å². The van der Waals surface area contributed by atoms with Crippen molar-refractivity contribution in [1.82, 2.24) is 9.88 Å². The Morgan fingerprint density at radius 3 is 2.47 bits per heavy atom. The van der Waals surface area contributed by atoms with Crippen molar-refractivity contribution >= 4 is 10.0 Å². The average Bonchev–Trinajstić information content (AvgIpc) is 2.57. The molecule has 0 aliphatic carbocycles. The molecule has 0 aliphatic heterocycles. The molecule has 0 bridgehead atoms. The number of hydrogen-bond donors (Lipinski definition) is 2. The van der Waals surface area contributed by atoms with Crippen LogP contribution in [0.15, 0.2) is 9.42 Å². The molecular formula is C8H13F2N3O3S. The number of aryl methyl sites for hydroxylation is 2. The predicted molar refractivity (Wildman–Crippen MR) is 55.2 cm³/mol. The maximum absolute atomic E-state index is 12.8. The molecule has 0 saturated heterocycles. The van der Waals surface area contributed by atoms with Gasteiger partial charge in [-0.3, -0.25) is 0 Å². The Morgan fingerprint density at radius 2 is 2.06 bits per heavy atom. The molecule has 0 fully saturated rings. The van der Waals surface area contributed by atoms with E-state index in [4.69, 9.17) is 5.73 Å². The Morgan fingerprint density at radius 1 is 1.47 bits per heavy atom. The van der Waals surface area contributed by atoms with Gasteiger partial charge in [0.2, 0.25) is 10.0 Å². The van der Waals surface area contributed by atoms with Gasteiger partial charge in [-0.1, -0.05) is 5.16 Å². The van der Waals surface area contributed by atoms with Crippen molar-refractivity contribution in [3.63, 3.8) is 0 Å².